The van der Waals surface area contributed by atoms with E-state index in [1.54, 1.807) is 24.0 Å². The van der Waals surface area contributed by atoms with Gasteiger partial charge in [0.1, 0.15) is 0 Å². The fourth-order valence-electron chi connectivity index (χ4n) is 2.26. The largest absolute Gasteiger partial charge is 0.481 e. The van der Waals surface area contributed by atoms with Crippen molar-refractivity contribution in [2.75, 3.05) is 13.1 Å². The zero-order valence-electron chi connectivity index (χ0n) is 12.0. The van der Waals surface area contributed by atoms with E-state index in [0.717, 1.165) is 4.88 Å². The van der Waals surface area contributed by atoms with E-state index in [9.17, 15) is 19.5 Å². The summed E-state index contributed by atoms with van der Waals surface area (Å²) >= 11 is 1.32. The maximum Gasteiger partial charge on any atom is 0.311 e. The van der Waals surface area contributed by atoms with Crippen molar-refractivity contribution in [3.05, 3.63) is 21.9 Å². The van der Waals surface area contributed by atoms with Crippen molar-refractivity contribution >= 4 is 29.1 Å². The van der Waals surface area contributed by atoms with Gasteiger partial charge in [0.2, 0.25) is 5.91 Å². The first kappa shape index (κ1) is 15.5. The molecule has 114 valence electrons. The van der Waals surface area contributed by atoms with Crippen molar-refractivity contribution in [2.45, 2.75) is 26.8 Å². The number of amides is 2. The van der Waals surface area contributed by atoms with E-state index in [0.29, 0.717) is 24.4 Å². The molecule has 0 unspecified atom stereocenters. The van der Waals surface area contributed by atoms with Crippen LogP contribution in [0.4, 0.5) is 0 Å². The Balaban J connectivity index is 2.01. The van der Waals surface area contributed by atoms with E-state index in [1.165, 1.54) is 18.3 Å². The quantitative estimate of drug-likeness (QED) is 0.878. The highest BCUT2D eigenvalue weighted by molar-refractivity contribution is 7.14. The Morgan fingerprint density at radius 3 is 2.71 bits per heavy atom. The maximum atomic E-state index is 12.4. The average molecular weight is 310 g/mol. The van der Waals surface area contributed by atoms with Crippen LogP contribution in [0, 0.1) is 5.41 Å². The molecule has 2 amide bonds. The summed E-state index contributed by atoms with van der Waals surface area (Å²) in [5, 5.41) is 11.9. The normalized spacial score (nSPS) is 21.3. The molecule has 2 rings (SSSR count). The minimum atomic E-state index is -0.865. The molecular weight excluding hydrogens is 292 g/mol. The van der Waals surface area contributed by atoms with E-state index >= 15 is 0 Å². The zero-order chi connectivity index (χ0) is 15.6. The number of carbonyl (C=O) groups is 3. The molecule has 1 aliphatic heterocycles. The Morgan fingerprint density at radius 1 is 1.43 bits per heavy atom. The second-order valence-corrected chi connectivity index (χ2v) is 6.69. The predicted octanol–water partition coefficient (Wildman–Crippen LogP) is 1.32. The molecule has 1 atom stereocenters. The van der Waals surface area contributed by atoms with Crippen molar-refractivity contribution in [1.29, 1.82) is 0 Å². The summed E-state index contributed by atoms with van der Waals surface area (Å²) in [6, 6.07) is 3.53. The molecule has 21 heavy (non-hydrogen) atoms. The van der Waals surface area contributed by atoms with Gasteiger partial charge in [0.15, 0.2) is 0 Å². The van der Waals surface area contributed by atoms with E-state index in [-0.39, 0.29) is 18.4 Å². The highest BCUT2D eigenvalue weighted by Gasteiger charge is 2.42. The summed E-state index contributed by atoms with van der Waals surface area (Å²) < 4.78 is 0. The van der Waals surface area contributed by atoms with Crippen molar-refractivity contribution in [3.63, 3.8) is 0 Å². The van der Waals surface area contributed by atoms with E-state index in [2.05, 4.69) is 5.32 Å². The van der Waals surface area contributed by atoms with Gasteiger partial charge in [-0.2, -0.15) is 0 Å². The van der Waals surface area contributed by atoms with Gasteiger partial charge >= 0.3 is 5.97 Å². The molecule has 7 heteroatoms. The summed E-state index contributed by atoms with van der Waals surface area (Å²) in [4.78, 5) is 37.5. The third-order valence-electron chi connectivity index (χ3n) is 3.66. The molecular formula is C14H18N2O4S. The lowest BCUT2D eigenvalue weighted by molar-refractivity contribution is -0.147. The molecule has 0 bridgehead atoms. The standard InChI is InChI=1S/C14H18N2O4S/c1-9(17)15-7-10-3-4-11(21-10)12(18)16-6-5-14(2,8-16)13(19)20/h3-4H,5-8H2,1-2H3,(H,15,17)(H,19,20)/t14-/m1/s1. The smallest absolute Gasteiger partial charge is 0.311 e. The van der Waals surface area contributed by atoms with Crippen molar-refractivity contribution in [2.24, 2.45) is 5.41 Å². The highest BCUT2D eigenvalue weighted by Crippen LogP contribution is 2.31. The van der Waals surface area contributed by atoms with Crippen LogP contribution in [0.5, 0.6) is 0 Å². The number of thiophene rings is 1. The lowest BCUT2D eigenvalue weighted by Crippen LogP contribution is -2.34. The van der Waals surface area contributed by atoms with Gasteiger partial charge in [-0.05, 0) is 25.5 Å². The molecule has 0 radical (unpaired) electrons. The van der Waals surface area contributed by atoms with Crippen molar-refractivity contribution < 1.29 is 19.5 Å². The summed E-state index contributed by atoms with van der Waals surface area (Å²) in [7, 11) is 0. The third kappa shape index (κ3) is 3.41. The van der Waals surface area contributed by atoms with Gasteiger partial charge in [0, 0.05) is 24.9 Å². The van der Waals surface area contributed by atoms with Gasteiger partial charge in [-0.1, -0.05) is 0 Å². The highest BCUT2D eigenvalue weighted by atomic mass is 32.1. The maximum absolute atomic E-state index is 12.4. The van der Waals surface area contributed by atoms with Gasteiger partial charge in [0.25, 0.3) is 5.91 Å². The molecule has 2 N–H and O–H groups in total. The van der Waals surface area contributed by atoms with Gasteiger partial charge in [0.05, 0.1) is 16.8 Å². The van der Waals surface area contributed by atoms with Gasteiger partial charge in [-0.25, -0.2) is 0 Å². The molecule has 1 fully saturated rings. The Bertz CT molecular complexity index is 583. The molecule has 6 nitrogen and oxygen atoms in total. The van der Waals surface area contributed by atoms with Crippen LogP contribution in [0.15, 0.2) is 12.1 Å². The Labute approximate surface area is 126 Å². The molecule has 0 aliphatic carbocycles. The Kier molecular flexibility index (Phi) is 4.32. The van der Waals surface area contributed by atoms with E-state index in [4.69, 9.17) is 0 Å². The number of hydrogen-bond acceptors (Lipinski definition) is 4. The average Bonchev–Trinajstić information content (AvgIpc) is 3.03. The molecule has 2 heterocycles. The number of carboxylic acid groups (broad SMARTS) is 1. The van der Waals surface area contributed by atoms with Crippen LogP contribution in [0.25, 0.3) is 0 Å². The molecule has 0 spiro atoms. The number of carbonyl (C=O) groups excluding carboxylic acids is 2. The first-order valence-corrected chi connectivity index (χ1v) is 7.49. The minimum Gasteiger partial charge on any atom is -0.481 e. The first-order chi connectivity index (χ1) is 9.82. The van der Waals surface area contributed by atoms with Crippen LogP contribution >= 0.6 is 11.3 Å². The molecule has 1 aliphatic rings. The fraction of sp³-hybridized carbons (Fsp3) is 0.500. The summed E-state index contributed by atoms with van der Waals surface area (Å²) in [6.45, 7) is 4.21. The molecule has 0 saturated carbocycles. The van der Waals surface area contributed by atoms with Gasteiger partial charge in [-0.3, -0.25) is 14.4 Å². The second kappa shape index (κ2) is 5.85. The number of hydrogen-bond donors (Lipinski definition) is 2. The molecule has 0 aromatic carbocycles. The number of nitrogens with zero attached hydrogens (tertiary/aromatic N) is 1. The third-order valence-corrected chi connectivity index (χ3v) is 4.73. The van der Waals surface area contributed by atoms with Crippen LogP contribution in [0.2, 0.25) is 0 Å². The number of aliphatic carboxylic acids is 1. The zero-order valence-corrected chi connectivity index (χ0v) is 12.8. The Morgan fingerprint density at radius 2 is 2.14 bits per heavy atom. The van der Waals surface area contributed by atoms with E-state index in [1.807, 2.05) is 0 Å². The first-order valence-electron chi connectivity index (χ1n) is 6.68. The molecule has 1 aromatic heterocycles. The summed E-state index contributed by atoms with van der Waals surface area (Å²) in [6.07, 6.45) is 0.470. The fourth-order valence-corrected chi connectivity index (χ4v) is 3.18. The minimum absolute atomic E-state index is 0.118. The van der Waals surface area contributed by atoms with E-state index < -0.39 is 11.4 Å². The topological polar surface area (TPSA) is 86.7 Å². The SMILES string of the molecule is CC(=O)NCc1ccc(C(=O)N2CC[C@@](C)(C(=O)O)C2)s1. The van der Waals surface area contributed by atoms with Crippen LogP contribution in [0.1, 0.15) is 34.8 Å². The summed E-state index contributed by atoms with van der Waals surface area (Å²) in [5.41, 5.74) is -0.855. The predicted molar refractivity (Wildman–Crippen MR) is 78.1 cm³/mol. The van der Waals surface area contributed by atoms with Gasteiger partial charge in [-0.15, -0.1) is 11.3 Å². The van der Waals surface area contributed by atoms with Crippen LogP contribution < -0.4 is 5.32 Å². The van der Waals surface area contributed by atoms with Crippen LogP contribution in [-0.2, 0) is 16.1 Å². The lowest BCUT2D eigenvalue weighted by Gasteiger charge is -2.19. The summed E-state index contributed by atoms with van der Waals surface area (Å²) in [5.74, 6) is -1.12. The number of likely N-dealkylation sites (tertiary alicyclic amines) is 1. The van der Waals surface area contributed by atoms with Gasteiger partial charge < -0.3 is 15.3 Å². The van der Waals surface area contributed by atoms with Crippen molar-refractivity contribution in [3.8, 4) is 0 Å². The van der Waals surface area contributed by atoms with Crippen LogP contribution in [0.3, 0.4) is 0 Å². The Hall–Kier alpha value is -1.89. The number of rotatable bonds is 4. The number of carboxylic acids is 1. The number of nitrogens with one attached hydrogen (secondary N) is 1. The van der Waals surface area contributed by atoms with Crippen molar-refractivity contribution in [1.82, 2.24) is 10.2 Å². The lowest BCUT2D eigenvalue weighted by atomic mass is 9.90. The monoisotopic (exact) mass is 310 g/mol. The second-order valence-electron chi connectivity index (χ2n) is 5.52. The molecule has 1 aromatic rings. The van der Waals surface area contributed by atoms with Crippen LogP contribution in [-0.4, -0.2) is 40.9 Å². The molecule has 1 saturated heterocycles.